The smallest absolute Gasteiger partial charge is 0.341 e. The number of pyridine rings is 1. The minimum absolute atomic E-state index is 0.369. The summed E-state index contributed by atoms with van der Waals surface area (Å²) in [5.74, 6) is 0.342. The predicted molar refractivity (Wildman–Crippen MR) is 82.3 cm³/mol. The topological polar surface area (TPSA) is 68.5 Å². The summed E-state index contributed by atoms with van der Waals surface area (Å²) in [5, 5.41) is 0. The molecule has 21 heavy (non-hydrogen) atoms. The van der Waals surface area contributed by atoms with Crippen molar-refractivity contribution in [3.05, 3.63) is 17.8 Å². The van der Waals surface area contributed by atoms with Gasteiger partial charge in [-0.1, -0.05) is 12.8 Å². The molecule has 2 N–H and O–H groups in total. The van der Waals surface area contributed by atoms with E-state index in [2.05, 4.69) is 9.88 Å². The molecule has 1 saturated heterocycles. The lowest BCUT2D eigenvalue weighted by Crippen LogP contribution is -2.40. The van der Waals surface area contributed by atoms with Gasteiger partial charge in [0, 0.05) is 13.1 Å². The van der Waals surface area contributed by atoms with Crippen molar-refractivity contribution in [1.29, 1.82) is 0 Å². The number of hydrogen-bond donors (Lipinski definition) is 1. The first-order valence-electron chi connectivity index (χ1n) is 7.72. The molecule has 114 valence electrons. The van der Waals surface area contributed by atoms with Crippen LogP contribution in [0.5, 0.6) is 0 Å². The molecular weight excluding hydrogens is 266 g/mol. The first-order chi connectivity index (χ1) is 10.1. The SMILES string of the molecule is COC(=O)c1cc(N)cnc1N1CCC2(CCCC2)CC1. The van der Waals surface area contributed by atoms with Crippen molar-refractivity contribution >= 4 is 17.5 Å². The molecule has 5 nitrogen and oxygen atoms in total. The molecule has 3 rings (SSSR count). The van der Waals surface area contributed by atoms with Gasteiger partial charge in [0.1, 0.15) is 11.4 Å². The summed E-state index contributed by atoms with van der Waals surface area (Å²) in [4.78, 5) is 18.5. The zero-order valence-electron chi connectivity index (χ0n) is 12.6. The van der Waals surface area contributed by atoms with Gasteiger partial charge in [0.05, 0.1) is 19.0 Å². The summed E-state index contributed by atoms with van der Waals surface area (Å²) in [6.45, 7) is 1.92. The highest BCUT2D eigenvalue weighted by molar-refractivity contribution is 5.95. The molecule has 0 radical (unpaired) electrons. The summed E-state index contributed by atoms with van der Waals surface area (Å²) in [7, 11) is 1.39. The maximum atomic E-state index is 11.9. The molecule has 0 bridgehead atoms. The largest absolute Gasteiger partial charge is 0.465 e. The van der Waals surface area contributed by atoms with E-state index in [1.165, 1.54) is 45.6 Å². The zero-order valence-corrected chi connectivity index (χ0v) is 12.6. The third kappa shape index (κ3) is 2.69. The molecule has 0 atom stereocenters. The Hall–Kier alpha value is -1.78. The van der Waals surface area contributed by atoms with E-state index in [9.17, 15) is 4.79 Å². The van der Waals surface area contributed by atoms with Crippen molar-refractivity contribution in [3.63, 3.8) is 0 Å². The fourth-order valence-corrected chi connectivity index (χ4v) is 3.80. The summed E-state index contributed by atoms with van der Waals surface area (Å²) in [6, 6.07) is 1.66. The molecule has 1 aromatic heterocycles. The molecule has 1 aliphatic heterocycles. The van der Waals surface area contributed by atoms with Gasteiger partial charge in [-0.25, -0.2) is 9.78 Å². The van der Waals surface area contributed by atoms with Crippen LogP contribution in [0.4, 0.5) is 11.5 Å². The molecule has 5 heteroatoms. The number of ether oxygens (including phenoxy) is 1. The van der Waals surface area contributed by atoms with Crippen LogP contribution in [0.25, 0.3) is 0 Å². The van der Waals surface area contributed by atoms with Crippen molar-refractivity contribution in [1.82, 2.24) is 4.98 Å². The highest BCUT2D eigenvalue weighted by atomic mass is 16.5. The summed E-state index contributed by atoms with van der Waals surface area (Å²) in [6.07, 6.45) is 9.46. The average Bonchev–Trinajstić information content (AvgIpc) is 2.96. The lowest BCUT2D eigenvalue weighted by atomic mass is 9.77. The quantitative estimate of drug-likeness (QED) is 0.848. The highest BCUT2D eigenvalue weighted by Crippen LogP contribution is 2.46. The van der Waals surface area contributed by atoms with Crippen LogP contribution in [-0.2, 0) is 4.74 Å². The summed E-state index contributed by atoms with van der Waals surface area (Å²) in [5.41, 5.74) is 7.27. The Morgan fingerprint density at radius 1 is 1.29 bits per heavy atom. The van der Waals surface area contributed by atoms with Gasteiger partial charge in [-0.3, -0.25) is 0 Å². The Kier molecular flexibility index (Phi) is 3.74. The number of carbonyl (C=O) groups excluding carboxylic acids is 1. The van der Waals surface area contributed by atoms with Gasteiger partial charge in [-0.15, -0.1) is 0 Å². The number of anilines is 2. The van der Waals surface area contributed by atoms with E-state index in [1.54, 1.807) is 12.3 Å². The number of piperidine rings is 1. The number of rotatable bonds is 2. The Labute approximate surface area is 125 Å². The first-order valence-corrected chi connectivity index (χ1v) is 7.72. The fraction of sp³-hybridized carbons (Fsp3) is 0.625. The molecule has 2 aliphatic rings. The molecule has 1 saturated carbocycles. The zero-order chi connectivity index (χ0) is 14.9. The molecule has 2 heterocycles. The van der Waals surface area contributed by atoms with E-state index in [0.29, 0.717) is 22.5 Å². The van der Waals surface area contributed by atoms with Gasteiger partial charge in [0.25, 0.3) is 0 Å². The molecule has 0 amide bonds. The normalized spacial score (nSPS) is 20.7. The van der Waals surface area contributed by atoms with Crippen LogP contribution in [0.3, 0.4) is 0 Å². The minimum Gasteiger partial charge on any atom is -0.465 e. The number of nitrogens with zero attached hydrogens (tertiary/aromatic N) is 2. The van der Waals surface area contributed by atoms with Crippen molar-refractivity contribution in [2.45, 2.75) is 38.5 Å². The summed E-state index contributed by atoms with van der Waals surface area (Å²) >= 11 is 0. The Balaban J connectivity index is 1.80. The van der Waals surface area contributed by atoms with Gasteiger partial charge >= 0.3 is 5.97 Å². The van der Waals surface area contributed by atoms with Crippen LogP contribution in [0, 0.1) is 5.41 Å². The third-order valence-corrected chi connectivity index (χ3v) is 5.08. The fourth-order valence-electron chi connectivity index (χ4n) is 3.80. The van der Waals surface area contributed by atoms with Crippen molar-refractivity contribution in [3.8, 4) is 0 Å². The lowest BCUT2D eigenvalue weighted by molar-refractivity contribution is 0.0601. The van der Waals surface area contributed by atoms with Crippen LogP contribution in [0.2, 0.25) is 0 Å². The maximum absolute atomic E-state index is 11.9. The van der Waals surface area contributed by atoms with E-state index in [4.69, 9.17) is 10.5 Å². The van der Waals surface area contributed by atoms with Gasteiger partial charge in [0.15, 0.2) is 0 Å². The van der Waals surface area contributed by atoms with Crippen molar-refractivity contribution in [2.75, 3.05) is 30.8 Å². The molecule has 0 unspecified atom stereocenters. The van der Waals surface area contributed by atoms with Crippen molar-refractivity contribution < 1.29 is 9.53 Å². The van der Waals surface area contributed by atoms with Gasteiger partial charge < -0.3 is 15.4 Å². The van der Waals surface area contributed by atoms with Gasteiger partial charge in [-0.05, 0) is 37.2 Å². The lowest BCUT2D eigenvalue weighted by Gasteiger charge is -2.40. The number of methoxy groups -OCH3 is 1. The number of esters is 1. The number of nitrogens with two attached hydrogens (primary N) is 1. The second-order valence-electron chi connectivity index (χ2n) is 6.33. The summed E-state index contributed by atoms with van der Waals surface area (Å²) < 4.78 is 4.85. The predicted octanol–water partition coefficient (Wildman–Crippen LogP) is 2.61. The van der Waals surface area contributed by atoms with Crippen LogP contribution in [0.1, 0.15) is 48.9 Å². The molecule has 1 aromatic rings. The van der Waals surface area contributed by atoms with Gasteiger partial charge in [0.2, 0.25) is 0 Å². The van der Waals surface area contributed by atoms with E-state index < -0.39 is 0 Å². The standard InChI is InChI=1S/C16H23N3O2/c1-21-15(20)13-10-12(17)11-18-14(13)19-8-6-16(7-9-19)4-2-3-5-16/h10-11H,2-9,17H2,1H3. The second-order valence-corrected chi connectivity index (χ2v) is 6.33. The van der Waals surface area contributed by atoms with Crippen LogP contribution < -0.4 is 10.6 Å². The molecule has 0 aromatic carbocycles. The molecule has 1 spiro atoms. The minimum atomic E-state index is -0.369. The number of aromatic nitrogens is 1. The van der Waals surface area contributed by atoms with E-state index >= 15 is 0 Å². The molecule has 2 fully saturated rings. The molecule has 1 aliphatic carbocycles. The van der Waals surface area contributed by atoms with E-state index in [1.807, 2.05) is 0 Å². The maximum Gasteiger partial charge on any atom is 0.341 e. The van der Waals surface area contributed by atoms with E-state index in [-0.39, 0.29) is 5.97 Å². The molecular formula is C16H23N3O2. The Bertz CT molecular complexity index is 528. The number of nitrogen functional groups attached to an aromatic ring is 1. The second kappa shape index (κ2) is 5.54. The van der Waals surface area contributed by atoms with Gasteiger partial charge in [-0.2, -0.15) is 0 Å². The van der Waals surface area contributed by atoms with E-state index in [0.717, 1.165) is 13.1 Å². The van der Waals surface area contributed by atoms with Crippen molar-refractivity contribution in [2.24, 2.45) is 5.41 Å². The number of carbonyl (C=O) groups is 1. The first kappa shape index (κ1) is 14.2. The average molecular weight is 289 g/mol. The highest BCUT2D eigenvalue weighted by Gasteiger charge is 2.37. The monoisotopic (exact) mass is 289 g/mol. The van der Waals surface area contributed by atoms with Crippen LogP contribution in [-0.4, -0.2) is 31.2 Å². The number of hydrogen-bond acceptors (Lipinski definition) is 5. The van der Waals surface area contributed by atoms with Crippen LogP contribution in [0.15, 0.2) is 12.3 Å². The Morgan fingerprint density at radius 3 is 2.57 bits per heavy atom. The van der Waals surface area contributed by atoms with Crippen LogP contribution >= 0.6 is 0 Å². The third-order valence-electron chi connectivity index (χ3n) is 5.08. The Morgan fingerprint density at radius 2 is 1.95 bits per heavy atom.